The molecule has 112 valence electrons. The van der Waals surface area contributed by atoms with Crippen LogP contribution in [0.3, 0.4) is 0 Å². The van der Waals surface area contributed by atoms with Crippen molar-refractivity contribution in [2.45, 2.75) is 45.4 Å². The van der Waals surface area contributed by atoms with Crippen LogP contribution in [0.2, 0.25) is 0 Å². The monoisotopic (exact) mass is 277 g/mol. The predicted molar refractivity (Wildman–Crippen MR) is 81.3 cm³/mol. The quantitative estimate of drug-likeness (QED) is 0.864. The van der Waals surface area contributed by atoms with E-state index in [1.165, 1.54) is 5.56 Å². The number of rotatable bonds is 6. The van der Waals surface area contributed by atoms with Gasteiger partial charge in [-0.15, -0.1) is 0 Å². The Balaban J connectivity index is 1.93. The fourth-order valence-corrected chi connectivity index (χ4v) is 3.11. The van der Waals surface area contributed by atoms with E-state index >= 15 is 0 Å². The highest BCUT2D eigenvalue weighted by molar-refractivity contribution is 5.15. The van der Waals surface area contributed by atoms with Crippen LogP contribution < -0.4 is 5.73 Å². The average Bonchev–Trinajstić information content (AvgIpc) is 2.39. The first-order chi connectivity index (χ1) is 9.39. The minimum absolute atomic E-state index is 0.0233. The first-order valence-corrected chi connectivity index (χ1v) is 7.37. The molecule has 2 N–H and O–H groups in total. The molecule has 2 rings (SSSR count). The van der Waals surface area contributed by atoms with Crippen LogP contribution in [0.1, 0.15) is 32.8 Å². The minimum atomic E-state index is -0.172. The summed E-state index contributed by atoms with van der Waals surface area (Å²) in [5.74, 6) is 0. The van der Waals surface area contributed by atoms with E-state index in [2.05, 4.69) is 42.9 Å². The number of likely N-dealkylation sites (N-methyl/N-ethyl adjacent to an activating group) is 1. The lowest BCUT2D eigenvalue weighted by molar-refractivity contribution is -0.155. The molecule has 1 aliphatic rings. The van der Waals surface area contributed by atoms with E-state index < -0.39 is 0 Å². The standard InChI is InChI=1S/C16H27N3O/c1-5-20-14-10-16(17,15(14,2)3)12-19(4)11-13-6-8-18-9-7-13/h6-9,14H,5,10-12,17H2,1-4H3. The van der Waals surface area contributed by atoms with Crippen LogP contribution in [0.4, 0.5) is 0 Å². The zero-order chi connectivity index (χ0) is 14.8. The molecule has 1 aromatic rings. The molecule has 4 nitrogen and oxygen atoms in total. The highest BCUT2D eigenvalue weighted by Gasteiger charge is 2.58. The summed E-state index contributed by atoms with van der Waals surface area (Å²) >= 11 is 0. The number of ether oxygens (including phenoxy) is 1. The van der Waals surface area contributed by atoms with Crippen LogP contribution in [-0.4, -0.2) is 41.7 Å². The van der Waals surface area contributed by atoms with Crippen molar-refractivity contribution in [2.24, 2.45) is 11.1 Å². The van der Waals surface area contributed by atoms with Gasteiger partial charge in [0.05, 0.1) is 6.10 Å². The molecule has 0 spiro atoms. The third-order valence-electron chi connectivity index (χ3n) is 4.76. The van der Waals surface area contributed by atoms with Crippen LogP contribution in [0.15, 0.2) is 24.5 Å². The predicted octanol–water partition coefficient (Wildman–Crippen LogP) is 2.05. The molecule has 1 aliphatic carbocycles. The third-order valence-corrected chi connectivity index (χ3v) is 4.76. The highest BCUT2D eigenvalue weighted by Crippen LogP contribution is 2.50. The van der Waals surface area contributed by atoms with E-state index in [4.69, 9.17) is 10.5 Å². The number of nitrogens with two attached hydrogens (primary N) is 1. The molecule has 0 bridgehead atoms. The maximum atomic E-state index is 6.62. The van der Waals surface area contributed by atoms with Gasteiger partial charge in [-0.3, -0.25) is 4.98 Å². The van der Waals surface area contributed by atoms with Crippen molar-refractivity contribution < 1.29 is 4.74 Å². The Bertz CT molecular complexity index is 435. The molecule has 2 unspecified atom stereocenters. The number of aromatic nitrogens is 1. The molecule has 1 saturated carbocycles. The average molecular weight is 277 g/mol. The van der Waals surface area contributed by atoms with Gasteiger partial charge in [-0.1, -0.05) is 13.8 Å². The second kappa shape index (κ2) is 5.80. The summed E-state index contributed by atoms with van der Waals surface area (Å²) in [4.78, 5) is 6.34. The first-order valence-electron chi connectivity index (χ1n) is 7.37. The molecule has 0 amide bonds. The van der Waals surface area contributed by atoms with Crippen molar-refractivity contribution in [2.75, 3.05) is 20.2 Å². The van der Waals surface area contributed by atoms with Gasteiger partial charge < -0.3 is 15.4 Å². The van der Waals surface area contributed by atoms with E-state index in [1.807, 2.05) is 19.3 Å². The van der Waals surface area contributed by atoms with Crippen molar-refractivity contribution in [1.29, 1.82) is 0 Å². The van der Waals surface area contributed by atoms with Crippen molar-refractivity contribution in [1.82, 2.24) is 9.88 Å². The molecular weight excluding hydrogens is 250 g/mol. The van der Waals surface area contributed by atoms with Crippen LogP contribution in [-0.2, 0) is 11.3 Å². The largest absolute Gasteiger partial charge is 0.378 e. The molecule has 1 fully saturated rings. The summed E-state index contributed by atoms with van der Waals surface area (Å²) in [6.07, 6.45) is 4.89. The van der Waals surface area contributed by atoms with Crippen molar-refractivity contribution in [3.63, 3.8) is 0 Å². The third kappa shape index (κ3) is 2.87. The summed E-state index contributed by atoms with van der Waals surface area (Å²) in [5.41, 5.74) is 7.74. The van der Waals surface area contributed by atoms with Crippen LogP contribution in [0.25, 0.3) is 0 Å². The molecule has 0 aromatic carbocycles. The highest BCUT2D eigenvalue weighted by atomic mass is 16.5. The van der Waals surface area contributed by atoms with Gasteiger partial charge in [0.15, 0.2) is 0 Å². The topological polar surface area (TPSA) is 51.4 Å². The summed E-state index contributed by atoms with van der Waals surface area (Å²) in [6.45, 7) is 9.02. The lowest BCUT2D eigenvalue weighted by Gasteiger charge is -2.60. The van der Waals surface area contributed by atoms with Gasteiger partial charge in [-0.25, -0.2) is 0 Å². The second-order valence-electron chi connectivity index (χ2n) is 6.55. The Hall–Kier alpha value is -0.970. The summed E-state index contributed by atoms with van der Waals surface area (Å²) in [7, 11) is 2.12. The van der Waals surface area contributed by atoms with E-state index in [0.717, 1.165) is 26.1 Å². The van der Waals surface area contributed by atoms with Gasteiger partial charge in [-0.2, -0.15) is 0 Å². The van der Waals surface area contributed by atoms with Gasteiger partial charge in [0.25, 0.3) is 0 Å². The SMILES string of the molecule is CCOC1CC(N)(CN(C)Cc2ccncc2)C1(C)C. The van der Waals surface area contributed by atoms with E-state index in [-0.39, 0.29) is 17.1 Å². The lowest BCUT2D eigenvalue weighted by atomic mass is 9.54. The zero-order valence-electron chi connectivity index (χ0n) is 13.1. The Kier molecular flexibility index (Phi) is 4.47. The van der Waals surface area contributed by atoms with Gasteiger partial charge >= 0.3 is 0 Å². The second-order valence-corrected chi connectivity index (χ2v) is 6.55. The summed E-state index contributed by atoms with van der Waals surface area (Å²) in [5, 5.41) is 0. The molecule has 4 heteroatoms. The van der Waals surface area contributed by atoms with Crippen molar-refractivity contribution in [3.8, 4) is 0 Å². The fourth-order valence-electron chi connectivity index (χ4n) is 3.11. The van der Waals surface area contributed by atoms with Gasteiger partial charge in [0, 0.05) is 43.0 Å². The van der Waals surface area contributed by atoms with E-state index in [1.54, 1.807) is 0 Å². The number of nitrogens with zero attached hydrogens (tertiary/aromatic N) is 2. The molecule has 1 aromatic heterocycles. The zero-order valence-corrected chi connectivity index (χ0v) is 13.1. The lowest BCUT2D eigenvalue weighted by Crippen LogP contribution is -2.73. The van der Waals surface area contributed by atoms with Gasteiger partial charge in [0.2, 0.25) is 0 Å². The summed E-state index contributed by atoms with van der Waals surface area (Å²) in [6, 6.07) is 4.10. The summed E-state index contributed by atoms with van der Waals surface area (Å²) < 4.78 is 5.78. The van der Waals surface area contributed by atoms with Crippen molar-refractivity contribution >= 4 is 0 Å². The maximum Gasteiger partial charge on any atom is 0.0662 e. The molecule has 0 aliphatic heterocycles. The maximum absolute atomic E-state index is 6.62. The van der Waals surface area contributed by atoms with Gasteiger partial charge in [0.1, 0.15) is 0 Å². The van der Waals surface area contributed by atoms with Crippen LogP contribution in [0, 0.1) is 5.41 Å². The molecule has 1 heterocycles. The van der Waals surface area contributed by atoms with Crippen molar-refractivity contribution in [3.05, 3.63) is 30.1 Å². The molecule has 0 saturated heterocycles. The Morgan fingerprint density at radius 2 is 2.05 bits per heavy atom. The Morgan fingerprint density at radius 1 is 1.40 bits per heavy atom. The molecule has 20 heavy (non-hydrogen) atoms. The fraction of sp³-hybridized carbons (Fsp3) is 0.688. The first kappa shape index (κ1) is 15.4. The van der Waals surface area contributed by atoms with Gasteiger partial charge in [-0.05, 0) is 38.1 Å². The molecule has 2 atom stereocenters. The number of hydrogen-bond acceptors (Lipinski definition) is 4. The minimum Gasteiger partial charge on any atom is -0.378 e. The Labute approximate surface area is 122 Å². The van der Waals surface area contributed by atoms with E-state index in [0.29, 0.717) is 0 Å². The number of hydrogen-bond donors (Lipinski definition) is 1. The van der Waals surface area contributed by atoms with Crippen LogP contribution in [0.5, 0.6) is 0 Å². The molecular formula is C16H27N3O. The smallest absolute Gasteiger partial charge is 0.0662 e. The number of pyridine rings is 1. The Morgan fingerprint density at radius 3 is 2.60 bits per heavy atom. The normalized spacial score (nSPS) is 28.4. The van der Waals surface area contributed by atoms with Crippen LogP contribution >= 0.6 is 0 Å². The molecule has 0 radical (unpaired) electrons. The van der Waals surface area contributed by atoms with E-state index in [9.17, 15) is 0 Å².